The van der Waals surface area contributed by atoms with Gasteiger partial charge in [-0.05, 0) is 35.9 Å². The van der Waals surface area contributed by atoms with Gasteiger partial charge in [-0.1, -0.05) is 58.5 Å². The summed E-state index contributed by atoms with van der Waals surface area (Å²) in [7, 11) is 1.59. The van der Waals surface area contributed by atoms with E-state index in [9.17, 15) is 0 Å². The monoisotopic (exact) mass is 334 g/mol. The Hall–Kier alpha value is -0.600. The molecule has 2 rings (SSSR count). The van der Waals surface area contributed by atoms with Gasteiger partial charge in [-0.3, -0.25) is 0 Å². The van der Waals surface area contributed by atoms with Crippen LogP contribution in [0, 0.1) is 0 Å². The number of hydrogen-bond donors (Lipinski definition) is 0. The summed E-state index contributed by atoms with van der Waals surface area (Å²) in [4.78, 5) is 0. The Kier molecular flexibility index (Phi) is 4.52. The summed E-state index contributed by atoms with van der Waals surface area (Å²) in [5.74, 6) is 0.727. The van der Waals surface area contributed by atoms with E-state index in [1.165, 1.54) is 0 Å². The number of alkyl halides is 2. The molecule has 0 atom stereocenters. The average molecular weight is 336 g/mol. The van der Waals surface area contributed by atoms with Crippen molar-refractivity contribution in [1.82, 2.24) is 0 Å². The molecule has 0 aromatic heterocycles. The number of ether oxygens (including phenoxy) is 1. The third-order valence-electron chi connectivity index (χ3n) is 2.72. The van der Waals surface area contributed by atoms with Gasteiger partial charge in [-0.15, -0.1) is 0 Å². The van der Waals surface area contributed by atoms with E-state index in [0.29, 0.717) is 21.2 Å². The molecule has 5 heteroatoms. The molecule has 0 radical (unpaired) electrons. The first kappa shape index (κ1) is 14.8. The maximum atomic E-state index is 6.44. The maximum absolute atomic E-state index is 6.44. The second-order valence-electron chi connectivity index (χ2n) is 3.93. The molecule has 0 amide bonds. The first-order chi connectivity index (χ1) is 8.95. The normalized spacial score (nSPS) is 11.4. The zero-order chi connectivity index (χ0) is 14.0. The molecule has 0 fully saturated rings. The smallest absolute Gasteiger partial charge is 0.169 e. The lowest BCUT2D eigenvalue weighted by Gasteiger charge is -2.22. The number of hydrogen-bond acceptors (Lipinski definition) is 1. The van der Waals surface area contributed by atoms with Crippen molar-refractivity contribution in [3.8, 4) is 5.75 Å². The van der Waals surface area contributed by atoms with Gasteiger partial charge in [-0.2, -0.15) is 0 Å². The highest BCUT2D eigenvalue weighted by Crippen LogP contribution is 2.44. The molecule has 2 aromatic rings. The molecule has 19 heavy (non-hydrogen) atoms. The molecule has 0 bridgehead atoms. The van der Waals surface area contributed by atoms with E-state index in [2.05, 4.69) is 0 Å². The second-order valence-corrected chi connectivity index (χ2v) is 6.10. The van der Waals surface area contributed by atoms with Crippen LogP contribution in [0.5, 0.6) is 5.75 Å². The standard InChI is InChI=1S/C14H10Cl4O/c1-19-11-5-2-9(3-6-11)14(17,18)12-8-10(15)4-7-13(12)16/h2-8H,1H3. The third-order valence-corrected chi connectivity index (χ3v) is 4.13. The van der Waals surface area contributed by atoms with Crippen LogP contribution in [0.2, 0.25) is 10.0 Å². The number of methoxy groups -OCH3 is 1. The summed E-state index contributed by atoms with van der Waals surface area (Å²) in [5.41, 5.74) is 1.25. The molecule has 0 spiro atoms. The molecular formula is C14H10Cl4O. The summed E-state index contributed by atoms with van der Waals surface area (Å²) in [6, 6.07) is 12.2. The molecule has 0 aliphatic carbocycles. The fourth-order valence-electron chi connectivity index (χ4n) is 1.69. The van der Waals surface area contributed by atoms with Crippen molar-refractivity contribution in [3.63, 3.8) is 0 Å². The van der Waals surface area contributed by atoms with Crippen molar-refractivity contribution in [2.45, 2.75) is 4.33 Å². The van der Waals surface area contributed by atoms with Crippen molar-refractivity contribution in [2.75, 3.05) is 7.11 Å². The van der Waals surface area contributed by atoms with Gasteiger partial charge >= 0.3 is 0 Å². The largest absolute Gasteiger partial charge is 0.497 e. The number of rotatable bonds is 3. The molecule has 0 N–H and O–H groups in total. The van der Waals surface area contributed by atoms with Crippen LogP contribution in [-0.4, -0.2) is 7.11 Å². The Labute approximate surface area is 132 Å². The molecule has 0 saturated heterocycles. The minimum atomic E-state index is -1.27. The first-order valence-corrected chi connectivity index (χ1v) is 6.94. The minimum Gasteiger partial charge on any atom is -0.497 e. The van der Waals surface area contributed by atoms with Gasteiger partial charge in [0.15, 0.2) is 4.33 Å². The van der Waals surface area contributed by atoms with Crippen LogP contribution in [0.15, 0.2) is 42.5 Å². The Morgan fingerprint density at radius 3 is 2.16 bits per heavy atom. The van der Waals surface area contributed by atoms with Gasteiger partial charge in [0, 0.05) is 15.6 Å². The lowest BCUT2D eigenvalue weighted by Crippen LogP contribution is -2.13. The number of benzene rings is 2. The second kappa shape index (κ2) is 5.80. The molecule has 1 nitrogen and oxygen atoms in total. The fraction of sp³-hybridized carbons (Fsp3) is 0.143. The van der Waals surface area contributed by atoms with Crippen molar-refractivity contribution in [2.24, 2.45) is 0 Å². The zero-order valence-electron chi connectivity index (χ0n) is 9.96. The molecule has 2 aromatic carbocycles. The van der Waals surface area contributed by atoms with Crippen molar-refractivity contribution in [3.05, 3.63) is 63.6 Å². The summed E-state index contributed by atoms with van der Waals surface area (Å²) in [6.07, 6.45) is 0. The Morgan fingerprint density at radius 1 is 0.947 bits per heavy atom. The van der Waals surface area contributed by atoms with E-state index < -0.39 is 4.33 Å². The van der Waals surface area contributed by atoms with Gasteiger partial charge in [-0.25, -0.2) is 0 Å². The van der Waals surface area contributed by atoms with Gasteiger partial charge < -0.3 is 4.74 Å². The quantitative estimate of drug-likeness (QED) is 0.655. The van der Waals surface area contributed by atoms with E-state index in [-0.39, 0.29) is 0 Å². The van der Waals surface area contributed by atoms with Crippen LogP contribution in [0.3, 0.4) is 0 Å². The van der Waals surface area contributed by atoms with Crippen LogP contribution in [-0.2, 0) is 4.33 Å². The summed E-state index contributed by atoms with van der Waals surface area (Å²) in [6.45, 7) is 0. The van der Waals surface area contributed by atoms with E-state index in [0.717, 1.165) is 5.75 Å². The lowest BCUT2D eigenvalue weighted by atomic mass is 10.0. The van der Waals surface area contributed by atoms with Crippen LogP contribution < -0.4 is 4.74 Å². The van der Waals surface area contributed by atoms with Crippen molar-refractivity contribution < 1.29 is 4.74 Å². The van der Waals surface area contributed by atoms with Gasteiger partial charge in [0.05, 0.1) is 7.11 Å². The topological polar surface area (TPSA) is 9.23 Å². The molecule has 0 aliphatic rings. The minimum absolute atomic E-state index is 0.463. The van der Waals surface area contributed by atoms with E-state index >= 15 is 0 Å². The summed E-state index contributed by atoms with van der Waals surface area (Å²) >= 11 is 25.0. The Morgan fingerprint density at radius 2 is 1.58 bits per heavy atom. The molecule has 0 saturated carbocycles. The molecule has 0 unspecified atom stereocenters. The van der Waals surface area contributed by atoms with Gasteiger partial charge in [0.25, 0.3) is 0 Å². The molecular weight excluding hydrogens is 326 g/mol. The fourth-order valence-corrected chi connectivity index (χ4v) is 2.79. The maximum Gasteiger partial charge on any atom is 0.169 e. The zero-order valence-corrected chi connectivity index (χ0v) is 13.0. The molecule has 0 aliphatic heterocycles. The summed E-state index contributed by atoms with van der Waals surface area (Å²) < 4.78 is 3.83. The average Bonchev–Trinajstić information content (AvgIpc) is 2.41. The molecule has 0 heterocycles. The van der Waals surface area contributed by atoms with E-state index in [4.69, 9.17) is 51.1 Å². The van der Waals surface area contributed by atoms with Crippen LogP contribution in [0.25, 0.3) is 0 Å². The predicted molar refractivity (Wildman–Crippen MR) is 81.9 cm³/mol. The van der Waals surface area contributed by atoms with Crippen molar-refractivity contribution in [1.29, 1.82) is 0 Å². The highest BCUT2D eigenvalue weighted by molar-refractivity contribution is 6.51. The van der Waals surface area contributed by atoms with Crippen LogP contribution in [0.4, 0.5) is 0 Å². The highest BCUT2D eigenvalue weighted by atomic mass is 35.5. The van der Waals surface area contributed by atoms with E-state index in [1.54, 1.807) is 49.6 Å². The Balaban J connectivity index is 2.48. The van der Waals surface area contributed by atoms with Gasteiger partial charge in [0.2, 0.25) is 0 Å². The number of halogens is 4. The third kappa shape index (κ3) is 3.11. The lowest BCUT2D eigenvalue weighted by molar-refractivity contribution is 0.414. The first-order valence-electron chi connectivity index (χ1n) is 5.43. The summed E-state index contributed by atoms with van der Waals surface area (Å²) in [5, 5.41) is 0.990. The van der Waals surface area contributed by atoms with E-state index in [1.807, 2.05) is 0 Å². The van der Waals surface area contributed by atoms with Crippen LogP contribution >= 0.6 is 46.4 Å². The van der Waals surface area contributed by atoms with Crippen LogP contribution in [0.1, 0.15) is 11.1 Å². The predicted octanol–water partition coefficient (Wildman–Crippen LogP) is 5.68. The Bertz CT molecular complexity index is 578. The molecule has 100 valence electrons. The van der Waals surface area contributed by atoms with Gasteiger partial charge in [0.1, 0.15) is 5.75 Å². The SMILES string of the molecule is COc1ccc(C(Cl)(Cl)c2cc(Cl)ccc2Cl)cc1. The highest BCUT2D eigenvalue weighted by Gasteiger charge is 2.31. The van der Waals surface area contributed by atoms with Crippen molar-refractivity contribution >= 4 is 46.4 Å².